The average molecular weight is 365 g/mol. The molecule has 0 saturated heterocycles. The molecule has 0 aliphatic carbocycles. The summed E-state index contributed by atoms with van der Waals surface area (Å²) in [6.07, 6.45) is 3.82. The monoisotopic (exact) mass is 364 g/mol. The molecule has 0 amide bonds. The van der Waals surface area contributed by atoms with E-state index in [0.29, 0.717) is 10.9 Å². The molecular formula is C18H25ClN4O2. The number of nitro groups is 1. The predicted octanol–water partition coefficient (Wildman–Crippen LogP) is 4.72. The van der Waals surface area contributed by atoms with Gasteiger partial charge in [-0.3, -0.25) is 15.1 Å². The highest BCUT2D eigenvalue weighted by Crippen LogP contribution is 2.32. The number of rotatable bonds is 9. The lowest BCUT2D eigenvalue weighted by Gasteiger charge is -2.20. The molecule has 7 heteroatoms. The van der Waals surface area contributed by atoms with Gasteiger partial charge in [-0.2, -0.15) is 0 Å². The minimum Gasteiger partial charge on any atom is -0.382 e. The van der Waals surface area contributed by atoms with E-state index in [4.69, 9.17) is 11.6 Å². The van der Waals surface area contributed by atoms with E-state index in [9.17, 15) is 10.1 Å². The second-order valence-electron chi connectivity index (χ2n) is 6.15. The van der Waals surface area contributed by atoms with Crippen LogP contribution in [-0.2, 0) is 0 Å². The van der Waals surface area contributed by atoms with Gasteiger partial charge in [0.25, 0.3) is 5.69 Å². The molecule has 0 fully saturated rings. The van der Waals surface area contributed by atoms with Crippen molar-refractivity contribution in [2.24, 2.45) is 0 Å². The lowest BCUT2D eigenvalue weighted by atomic mass is 10.1. The van der Waals surface area contributed by atoms with Crippen molar-refractivity contribution < 1.29 is 4.92 Å². The Morgan fingerprint density at radius 1 is 1.36 bits per heavy atom. The van der Waals surface area contributed by atoms with Gasteiger partial charge < -0.3 is 10.2 Å². The van der Waals surface area contributed by atoms with E-state index in [0.717, 1.165) is 38.2 Å². The molecule has 0 spiro atoms. The van der Waals surface area contributed by atoms with Crippen LogP contribution in [0.4, 0.5) is 11.4 Å². The van der Waals surface area contributed by atoms with E-state index in [1.807, 2.05) is 6.07 Å². The molecular weight excluding hydrogens is 340 g/mol. The van der Waals surface area contributed by atoms with Crippen molar-refractivity contribution in [2.75, 3.05) is 25.0 Å². The highest BCUT2D eigenvalue weighted by molar-refractivity contribution is 6.33. The number of nitrogens with zero attached hydrogens (tertiary/aromatic N) is 3. The second kappa shape index (κ2) is 8.97. The number of hydrogen-bond acceptors (Lipinski definition) is 5. The maximum atomic E-state index is 11.1. The number of nitrogens with one attached hydrogen (secondary N) is 1. The predicted molar refractivity (Wildman–Crippen MR) is 104 cm³/mol. The van der Waals surface area contributed by atoms with Gasteiger partial charge in [0.2, 0.25) is 0 Å². The number of fused-ring (bicyclic) bond motifs is 1. The number of halogens is 1. The smallest absolute Gasteiger partial charge is 0.288 e. The van der Waals surface area contributed by atoms with Gasteiger partial charge in [0.15, 0.2) is 0 Å². The van der Waals surface area contributed by atoms with Crippen LogP contribution in [0.2, 0.25) is 5.02 Å². The summed E-state index contributed by atoms with van der Waals surface area (Å²) in [6.45, 7) is 9.68. The first kappa shape index (κ1) is 19.4. The van der Waals surface area contributed by atoms with E-state index in [1.165, 1.54) is 6.07 Å². The number of nitro benzene ring substituents is 1. The van der Waals surface area contributed by atoms with E-state index >= 15 is 0 Å². The van der Waals surface area contributed by atoms with Crippen LogP contribution in [0.15, 0.2) is 24.4 Å². The van der Waals surface area contributed by atoms with Gasteiger partial charge in [0.1, 0.15) is 5.02 Å². The minimum atomic E-state index is -0.466. The molecule has 0 aliphatic rings. The standard InChI is InChI=1S/C18H25ClN4O2/c1-4-22(5-2)10-6-7-13(3)21-16-8-9-20-17-12-15(19)18(23(24)25)11-14(16)17/h8-9,11-13H,4-7,10H2,1-3H3,(H,20,21)/t13-/m1/s1. The highest BCUT2D eigenvalue weighted by Gasteiger charge is 2.16. The lowest BCUT2D eigenvalue weighted by Crippen LogP contribution is -2.25. The molecule has 1 aromatic heterocycles. The Kier molecular flexibility index (Phi) is 6.96. The number of anilines is 1. The third-order valence-corrected chi connectivity index (χ3v) is 4.72. The van der Waals surface area contributed by atoms with Gasteiger partial charge in [-0.1, -0.05) is 25.4 Å². The summed E-state index contributed by atoms with van der Waals surface area (Å²) in [7, 11) is 0. The van der Waals surface area contributed by atoms with Crippen LogP contribution in [0.25, 0.3) is 10.9 Å². The molecule has 136 valence electrons. The molecule has 1 N–H and O–H groups in total. The highest BCUT2D eigenvalue weighted by atomic mass is 35.5. The lowest BCUT2D eigenvalue weighted by molar-refractivity contribution is -0.384. The zero-order chi connectivity index (χ0) is 18.4. The summed E-state index contributed by atoms with van der Waals surface area (Å²) >= 11 is 5.98. The quantitative estimate of drug-likeness (QED) is 0.515. The Bertz CT molecular complexity index is 734. The maximum Gasteiger partial charge on any atom is 0.288 e. The topological polar surface area (TPSA) is 71.3 Å². The zero-order valence-electron chi connectivity index (χ0n) is 15.0. The average Bonchev–Trinajstić information content (AvgIpc) is 2.58. The Labute approximate surface area is 153 Å². The summed E-state index contributed by atoms with van der Waals surface area (Å²) in [6, 6.07) is 5.15. The number of pyridine rings is 1. The van der Waals surface area contributed by atoms with Crippen molar-refractivity contribution in [2.45, 2.75) is 39.7 Å². The van der Waals surface area contributed by atoms with Gasteiger partial charge in [0.05, 0.1) is 10.4 Å². The third-order valence-electron chi connectivity index (χ3n) is 4.41. The maximum absolute atomic E-state index is 11.1. The fourth-order valence-corrected chi connectivity index (χ4v) is 3.15. The Morgan fingerprint density at radius 3 is 2.72 bits per heavy atom. The van der Waals surface area contributed by atoms with Crippen molar-refractivity contribution >= 4 is 33.9 Å². The first-order chi connectivity index (χ1) is 12.0. The Morgan fingerprint density at radius 2 is 2.08 bits per heavy atom. The van der Waals surface area contributed by atoms with E-state index < -0.39 is 4.92 Å². The first-order valence-corrected chi connectivity index (χ1v) is 9.05. The van der Waals surface area contributed by atoms with Gasteiger partial charge >= 0.3 is 0 Å². The van der Waals surface area contributed by atoms with Crippen LogP contribution in [-0.4, -0.2) is 40.5 Å². The fraction of sp³-hybridized carbons (Fsp3) is 0.500. The van der Waals surface area contributed by atoms with Crippen LogP contribution >= 0.6 is 11.6 Å². The fourth-order valence-electron chi connectivity index (χ4n) is 2.92. The largest absolute Gasteiger partial charge is 0.382 e. The van der Waals surface area contributed by atoms with Gasteiger partial charge in [-0.05, 0) is 51.5 Å². The summed E-state index contributed by atoms with van der Waals surface area (Å²) in [5.41, 5.74) is 1.40. The molecule has 0 aliphatic heterocycles. The Balaban J connectivity index is 2.12. The van der Waals surface area contributed by atoms with Crippen LogP contribution < -0.4 is 5.32 Å². The summed E-state index contributed by atoms with van der Waals surface area (Å²) in [5, 5.41) is 15.4. The van der Waals surface area contributed by atoms with Crippen LogP contribution in [0.3, 0.4) is 0 Å². The SMILES string of the molecule is CCN(CC)CCC[C@@H](C)Nc1ccnc2cc(Cl)c([N+](=O)[O-])cc12. The normalized spacial score (nSPS) is 12.5. The molecule has 0 unspecified atom stereocenters. The summed E-state index contributed by atoms with van der Waals surface area (Å²) in [4.78, 5) is 17.3. The van der Waals surface area contributed by atoms with E-state index in [1.54, 1.807) is 12.3 Å². The number of aromatic nitrogens is 1. The molecule has 0 saturated carbocycles. The zero-order valence-corrected chi connectivity index (χ0v) is 15.7. The number of hydrogen-bond donors (Lipinski definition) is 1. The second-order valence-corrected chi connectivity index (χ2v) is 6.56. The van der Waals surface area contributed by atoms with Crippen molar-refractivity contribution in [3.8, 4) is 0 Å². The molecule has 25 heavy (non-hydrogen) atoms. The molecule has 6 nitrogen and oxygen atoms in total. The van der Waals surface area contributed by atoms with Crippen molar-refractivity contribution in [3.05, 3.63) is 39.5 Å². The van der Waals surface area contributed by atoms with Crippen LogP contribution in [0.1, 0.15) is 33.6 Å². The third kappa shape index (κ3) is 5.03. The first-order valence-electron chi connectivity index (χ1n) is 8.67. The van der Waals surface area contributed by atoms with Crippen LogP contribution in [0, 0.1) is 10.1 Å². The van der Waals surface area contributed by atoms with Crippen molar-refractivity contribution in [3.63, 3.8) is 0 Å². The minimum absolute atomic E-state index is 0.0978. The van der Waals surface area contributed by atoms with Gasteiger partial charge in [-0.25, -0.2) is 0 Å². The van der Waals surface area contributed by atoms with Crippen LogP contribution in [0.5, 0.6) is 0 Å². The Hall–Kier alpha value is -1.92. The molecule has 1 aromatic carbocycles. The van der Waals surface area contributed by atoms with Gasteiger partial charge in [-0.15, -0.1) is 0 Å². The van der Waals surface area contributed by atoms with Gasteiger partial charge in [0, 0.05) is 29.4 Å². The molecule has 0 bridgehead atoms. The van der Waals surface area contributed by atoms with Crippen molar-refractivity contribution in [1.82, 2.24) is 9.88 Å². The number of benzene rings is 1. The van der Waals surface area contributed by atoms with Crippen molar-refractivity contribution in [1.29, 1.82) is 0 Å². The van der Waals surface area contributed by atoms with E-state index in [2.05, 4.69) is 36.0 Å². The molecule has 2 aromatic rings. The van der Waals surface area contributed by atoms with E-state index in [-0.39, 0.29) is 16.8 Å². The molecule has 1 atom stereocenters. The summed E-state index contributed by atoms with van der Waals surface area (Å²) < 4.78 is 0. The molecule has 0 radical (unpaired) electrons. The molecule has 2 rings (SSSR count). The molecule has 1 heterocycles. The summed E-state index contributed by atoms with van der Waals surface area (Å²) in [5.74, 6) is 0.